The first-order valence-corrected chi connectivity index (χ1v) is 5.91. The Bertz CT molecular complexity index is 442. The standard InChI is InChI=1S/C14H17NO2/c1-4-14-6-5-7-17-12(14)13(2,3)11(16)10(8-14)9-15/h4,8,12H,1,5-7H2,2-3H3/t12-,14-/m1/s1. The van der Waals surface area contributed by atoms with E-state index in [1.165, 1.54) is 0 Å². The number of Topliss-reactive ketones (excluding diaryl/α,β-unsaturated/α-hetero) is 1. The van der Waals surface area contributed by atoms with Gasteiger partial charge >= 0.3 is 0 Å². The van der Waals surface area contributed by atoms with Crippen molar-refractivity contribution in [2.45, 2.75) is 32.8 Å². The molecule has 90 valence electrons. The number of hydrogen-bond donors (Lipinski definition) is 0. The zero-order chi connectivity index (χ0) is 12.7. The van der Waals surface area contributed by atoms with E-state index in [9.17, 15) is 4.79 Å². The van der Waals surface area contributed by atoms with E-state index in [-0.39, 0.29) is 22.9 Å². The maximum Gasteiger partial charge on any atom is 0.181 e. The van der Waals surface area contributed by atoms with Crippen LogP contribution in [0.2, 0.25) is 0 Å². The second-order valence-corrected chi connectivity index (χ2v) is 5.39. The fourth-order valence-electron chi connectivity index (χ4n) is 3.05. The first-order valence-electron chi connectivity index (χ1n) is 5.91. The Morgan fingerprint density at radius 3 is 2.94 bits per heavy atom. The summed E-state index contributed by atoms with van der Waals surface area (Å²) in [6.07, 6.45) is 5.22. The van der Waals surface area contributed by atoms with Gasteiger partial charge in [0.1, 0.15) is 6.07 Å². The normalized spacial score (nSPS) is 35.5. The number of nitriles is 1. The zero-order valence-corrected chi connectivity index (χ0v) is 10.3. The number of ether oxygens (including phenoxy) is 1. The Labute approximate surface area is 102 Å². The quantitative estimate of drug-likeness (QED) is 0.651. The molecule has 0 aromatic heterocycles. The van der Waals surface area contributed by atoms with Gasteiger partial charge in [-0.3, -0.25) is 4.79 Å². The summed E-state index contributed by atoms with van der Waals surface area (Å²) >= 11 is 0. The molecule has 1 aliphatic heterocycles. The lowest BCUT2D eigenvalue weighted by molar-refractivity contribution is -0.148. The van der Waals surface area contributed by atoms with Gasteiger partial charge in [0, 0.05) is 12.0 Å². The fourth-order valence-corrected chi connectivity index (χ4v) is 3.05. The lowest BCUT2D eigenvalue weighted by Gasteiger charge is -2.49. The number of carbonyl (C=O) groups excluding carboxylic acids is 1. The molecule has 1 fully saturated rings. The molecule has 2 atom stereocenters. The average Bonchev–Trinajstić information content (AvgIpc) is 2.34. The summed E-state index contributed by atoms with van der Waals surface area (Å²) in [4.78, 5) is 12.2. The van der Waals surface area contributed by atoms with E-state index in [0.29, 0.717) is 6.61 Å². The maximum atomic E-state index is 12.2. The first-order chi connectivity index (χ1) is 7.98. The molecule has 2 rings (SSSR count). The number of rotatable bonds is 1. The third-order valence-corrected chi connectivity index (χ3v) is 3.93. The van der Waals surface area contributed by atoms with Gasteiger partial charge in [0.2, 0.25) is 0 Å². The minimum absolute atomic E-state index is 0.121. The highest BCUT2D eigenvalue weighted by molar-refractivity contribution is 6.04. The van der Waals surface area contributed by atoms with Crippen molar-refractivity contribution in [2.75, 3.05) is 6.61 Å². The van der Waals surface area contributed by atoms with Crippen molar-refractivity contribution in [3.05, 3.63) is 24.3 Å². The summed E-state index contributed by atoms with van der Waals surface area (Å²) in [6.45, 7) is 8.26. The summed E-state index contributed by atoms with van der Waals surface area (Å²) in [7, 11) is 0. The van der Waals surface area contributed by atoms with Crippen LogP contribution in [0.5, 0.6) is 0 Å². The van der Waals surface area contributed by atoms with Crippen molar-refractivity contribution >= 4 is 5.78 Å². The highest BCUT2D eigenvalue weighted by atomic mass is 16.5. The second kappa shape index (κ2) is 3.82. The Morgan fingerprint density at radius 2 is 2.35 bits per heavy atom. The van der Waals surface area contributed by atoms with Gasteiger partial charge in [-0.25, -0.2) is 0 Å². The molecule has 3 heteroatoms. The van der Waals surface area contributed by atoms with Crippen LogP contribution in [0, 0.1) is 22.2 Å². The van der Waals surface area contributed by atoms with Crippen LogP contribution in [-0.4, -0.2) is 18.5 Å². The van der Waals surface area contributed by atoms with Crippen molar-refractivity contribution < 1.29 is 9.53 Å². The van der Waals surface area contributed by atoms with Crippen molar-refractivity contribution in [3.8, 4) is 6.07 Å². The Hall–Kier alpha value is -1.40. The summed E-state index contributed by atoms with van der Waals surface area (Å²) in [5.74, 6) is -0.121. The monoisotopic (exact) mass is 231 g/mol. The fraction of sp³-hybridized carbons (Fsp3) is 0.571. The van der Waals surface area contributed by atoms with Crippen molar-refractivity contribution in [2.24, 2.45) is 10.8 Å². The smallest absolute Gasteiger partial charge is 0.181 e. The summed E-state index contributed by atoms with van der Waals surface area (Å²) < 4.78 is 5.81. The van der Waals surface area contributed by atoms with Crippen LogP contribution in [-0.2, 0) is 9.53 Å². The van der Waals surface area contributed by atoms with Gasteiger partial charge in [-0.2, -0.15) is 5.26 Å². The molecular weight excluding hydrogens is 214 g/mol. The third kappa shape index (κ3) is 1.56. The van der Waals surface area contributed by atoms with Crippen LogP contribution in [0.3, 0.4) is 0 Å². The van der Waals surface area contributed by atoms with E-state index < -0.39 is 5.41 Å². The van der Waals surface area contributed by atoms with Gasteiger partial charge in [0.05, 0.1) is 17.1 Å². The Morgan fingerprint density at radius 1 is 1.65 bits per heavy atom. The number of carbonyl (C=O) groups is 1. The van der Waals surface area contributed by atoms with Crippen molar-refractivity contribution in [3.63, 3.8) is 0 Å². The summed E-state index contributed by atoms with van der Waals surface area (Å²) in [6, 6.07) is 2.01. The van der Waals surface area contributed by atoms with Crippen LogP contribution in [0.25, 0.3) is 0 Å². The maximum absolute atomic E-state index is 12.2. The molecule has 0 radical (unpaired) electrons. The molecule has 0 spiro atoms. The number of ketones is 1. The van der Waals surface area contributed by atoms with Gasteiger partial charge in [0.15, 0.2) is 5.78 Å². The molecule has 1 saturated heterocycles. The molecule has 0 aromatic rings. The zero-order valence-electron chi connectivity index (χ0n) is 10.3. The molecule has 1 heterocycles. The Balaban J connectivity index is 2.60. The average molecular weight is 231 g/mol. The van der Waals surface area contributed by atoms with E-state index >= 15 is 0 Å². The molecule has 0 bridgehead atoms. The Kier molecular flexibility index (Phi) is 2.71. The largest absolute Gasteiger partial charge is 0.376 e. The molecular formula is C14H17NO2. The van der Waals surface area contributed by atoms with E-state index in [4.69, 9.17) is 10.00 Å². The van der Waals surface area contributed by atoms with Crippen LogP contribution >= 0.6 is 0 Å². The number of hydrogen-bond acceptors (Lipinski definition) is 3. The molecule has 2 aliphatic rings. The molecule has 0 unspecified atom stereocenters. The number of allylic oxidation sites excluding steroid dienone is 1. The second-order valence-electron chi connectivity index (χ2n) is 5.39. The molecule has 0 aromatic carbocycles. The molecule has 1 aliphatic carbocycles. The number of nitrogens with zero attached hydrogens (tertiary/aromatic N) is 1. The molecule has 17 heavy (non-hydrogen) atoms. The predicted octanol–water partition coefficient (Wildman–Crippen LogP) is 2.40. The van der Waals surface area contributed by atoms with E-state index in [0.717, 1.165) is 12.8 Å². The highest BCUT2D eigenvalue weighted by Crippen LogP contribution is 2.50. The van der Waals surface area contributed by atoms with Gasteiger partial charge in [-0.05, 0) is 26.7 Å². The summed E-state index contributed by atoms with van der Waals surface area (Å²) in [5, 5.41) is 9.08. The highest BCUT2D eigenvalue weighted by Gasteiger charge is 2.54. The molecule has 0 saturated carbocycles. The molecule has 0 amide bonds. The van der Waals surface area contributed by atoms with E-state index in [1.54, 1.807) is 6.08 Å². The van der Waals surface area contributed by atoms with E-state index in [2.05, 4.69) is 6.58 Å². The minimum Gasteiger partial charge on any atom is -0.376 e. The van der Waals surface area contributed by atoms with Crippen molar-refractivity contribution in [1.82, 2.24) is 0 Å². The SMILES string of the molecule is C=C[C@@]12C=C(C#N)C(=O)C(C)(C)[C@H]1OCCC2. The lowest BCUT2D eigenvalue weighted by Crippen LogP contribution is -2.54. The molecule has 3 nitrogen and oxygen atoms in total. The minimum atomic E-state index is -0.658. The van der Waals surface area contributed by atoms with Crippen LogP contribution in [0.1, 0.15) is 26.7 Å². The van der Waals surface area contributed by atoms with E-state index in [1.807, 2.05) is 26.0 Å². The topological polar surface area (TPSA) is 50.1 Å². The number of fused-ring (bicyclic) bond motifs is 1. The van der Waals surface area contributed by atoms with Crippen molar-refractivity contribution in [1.29, 1.82) is 5.26 Å². The van der Waals surface area contributed by atoms with Gasteiger partial charge in [0.25, 0.3) is 0 Å². The summed E-state index contributed by atoms with van der Waals surface area (Å²) in [5.41, 5.74) is -0.772. The third-order valence-electron chi connectivity index (χ3n) is 3.93. The van der Waals surface area contributed by atoms with Crippen LogP contribution in [0.15, 0.2) is 24.3 Å². The predicted molar refractivity (Wildman–Crippen MR) is 64.1 cm³/mol. The van der Waals surface area contributed by atoms with Gasteiger partial charge in [-0.1, -0.05) is 12.2 Å². The van der Waals surface area contributed by atoms with Crippen LogP contribution in [0.4, 0.5) is 0 Å². The van der Waals surface area contributed by atoms with Gasteiger partial charge in [-0.15, -0.1) is 6.58 Å². The van der Waals surface area contributed by atoms with Crippen LogP contribution < -0.4 is 0 Å². The lowest BCUT2D eigenvalue weighted by atomic mass is 9.59. The molecule has 0 N–H and O–H groups in total. The van der Waals surface area contributed by atoms with Gasteiger partial charge < -0.3 is 4.74 Å². The first kappa shape index (κ1) is 12.1.